The maximum absolute atomic E-state index is 12.1. The van der Waals surface area contributed by atoms with Crippen LogP contribution >= 0.6 is 0 Å². The number of hydrogen-bond acceptors (Lipinski definition) is 4. The average Bonchev–Trinajstić information content (AvgIpc) is 3.21. The fraction of sp³-hybridized carbons (Fsp3) is 0.462. The molecule has 0 radical (unpaired) electrons. The first-order valence-electron chi connectivity index (χ1n) is 6.42. The van der Waals surface area contributed by atoms with Crippen molar-refractivity contribution in [1.29, 1.82) is 0 Å². The minimum absolute atomic E-state index is 0.0350. The zero-order chi connectivity index (χ0) is 14.8. The van der Waals surface area contributed by atoms with Crippen LogP contribution in [0.1, 0.15) is 19.8 Å². The molecule has 1 fully saturated rings. The molecule has 20 heavy (non-hydrogen) atoms. The first-order chi connectivity index (χ1) is 9.44. The number of rotatable bonds is 7. The fourth-order valence-electron chi connectivity index (χ4n) is 1.89. The van der Waals surface area contributed by atoms with Gasteiger partial charge in [0.25, 0.3) is 0 Å². The Morgan fingerprint density at radius 2 is 2.00 bits per heavy atom. The van der Waals surface area contributed by atoms with Crippen LogP contribution in [0.4, 0.5) is 0 Å². The number of carboxylic acids is 1. The molecule has 1 unspecified atom stereocenters. The van der Waals surface area contributed by atoms with Crippen LogP contribution in [0.2, 0.25) is 0 Å². The van der Waals surface area contributed by atoms with E-state index in [-0.39, 0.29) is 10.8 Å². The number of sulfonamides is 1. The summed E-state index contributed by atoms with van der Waals surface area (Å²) in [6.07, 6.45) is 1.48. The van der Waals surface area contributed by atoms with Crippen molar-refractivity contribution >= 4 is 16.0 Å². The molecule has 2 rings (SSSR count). The van der Waals surface area contributed by atoms with Gasteiger partial charge in [0.2, 0.25) is 10.0 Å². The molecule has 1 atom stereocenters. The highest BCUT2D eigenvalue weighted by Gasteiger charge is 2.39. The summed E-state index contributed by atoms with van der Waals surface area (Å²) in [5.74, 6) is -0.671. The van der Waals surface area contributed by atoms with Crippen molar-refractivity contribution in [2.45, 2.75) is 30.7 Å². The topological polar surface area (TPSA) is 92.7 Å². The van der Waals surface area contributed by atoms with Gasteiger partial charge in [0.1, 0.15) is 11.8 Å². The van der Waals surface area contributed by atoms with E-state index >= 15 is 0 Å². The summed E-state index contributed by atoms with van der Waals surface area (Å²) in [4.78, 5) is 11.1. The molecule has 0 aromatic heterocycles. The van der Waals surface area contributed by atoms with E-state index in [0.717, 1.165) is 12.8 Å². The van der Waals surface area contributed by atoms with E-state index in [1.165, 1.54) is 12.1 Å². The molecule has 0 aliphatic heterocycles. The van der Waals surface area contributed by atoms with Crippen molar-refractivity contribution in [3.05, 3.63) is 24.3 Å². The van der Waals surface area contributed by atoms with E-state index in [0.29, 0.717) is 12.4 Å². The molecule has 0 heterocycles. The van der Waals surface area contributed by atoms with Crippen LogP contribution in [0.15, 0.2) is 29.2 Å². The molecular formula is C13H17NO5S. The van der Waals surface area contributed by atoms with Crippen LogP contribution in [0.3, 0.4) is 0 Å². The Morgan fingerprint density at radius 3 is 2.45 bits per heavy atom. The standard InChI is InChI=1S/C13H17NO5S/c1-2-19-10-5-7-11(8-6-10)20(17,18)14-12(13(15)16)9-3-4-9/h5-9,12,14H,2-4H2,1H3,(H,15,16). The summed E-state index contributed by atoms with van der Waals surface area (Å²) in [5, 5.41) is 9.06. The van der Waals surface area contributed by atoms with Gasteiger partial charge in [-0.1, -0.05) is 0 Å². The van der Waals surface area contributed by atoms with Gasteiger partial charge < -0.3 is 9.84 Å². The van der Waals surface area contributed by atoms with Gasteiger partial charge in [0.15, 0.2) is 0 Å². The van der Waals surface area contributed by atoms with Gasteiger partial charge in [-0.15, -0.1) is 0 Å². The number of carbonyl (C=O) groups is 1. The largest absolute Gasteiger partial charge is 0.494 e. The highest BCUT2D eigenvalue weighted by Crippen LogP contribution is 2.33. The maximum Gasteiger partial charge on any atom is 0.322 e. The summed E-state index contributed by atoms with van der Waals surface area (Å²) < 4.78 is 31.8. The van der Waals surface area contributed by atoms with Crippen molar-refractivity contribution in [3.8, 4) is 5.75 Å². The number of aliphatic carboxylic acids is 1. The van der Waals surface area contributed by atoms with Gasteiger partial charge in [-0.2, -0.15) is 4.72 Å². The fourth-order valence-corrected chi connectivity index (χ4v) is 3.15. The Morgan fingerprint density at radius 1 is 1.40 bits per heavy atom. The first kappa shape index (κ1) is 14.8. The molecule has 1 aliphatic carbocycles. The molecule has 6 nitrogen and oxygen atoms in total. The number of hydrogen-bond donors (Lipinski definition) is 2. The van der Waals surface area contributed by atoms with E-state index in [1.807, 2.05) is 6.92 Å². The van der Waals surface area contributed by atoms with Crippen molar-refractivity contribution in [3.63, 3.8) is 0 Å². The van der Waals surface area contributed by atoms with Gasteiger partial charge in [-0.3, -0.25) is 4.79 Å². The van der Waals surface area contributed by atoms with Crippen molar-refractivity contribution in [1.82, 2.24) is 4.72 Å². The second-order valence-electron chi connectivity index (χ2n) is 4.68. The number of ether oxygens (including phenoxy) is 1. The van der Waals surface area contributed by atoms with Crippen LogP contribution in [-0.2, 0) is 14.8 Å². The average molecular weight is 299 g/mol. The Kier molecular flexibility index (Phi) is 4.29. The third-order valence-corrected chi connectivity index (χ3v) is 4.54. The van der Waals surface area contributed by atoms with Gasteiger partial charge in [0.05, 0.1) is 11.5 Å². The summed E-state index contributed by atoms with van der Waals surface area (Å²) in [5.41, 5.74) is 0. The monoisotopic (exact) mass is 299 g/mol. The summed E-state index contributed by atoms with van der Waals surface area (Å²) in [7, 11) is -3.83. The lowest BCUT2D eigenvalue weighted by Gasteiger charge is -2.14. The molecule has 0 bridgehead atoms. The van der Waals surface area contributed by atoms with E-state index in [2.05, 4.69) is 4.72 Å². The number of carboxylic acid groups (broad SMARTS) is 1. The molecule has 0 saturated heterocycles. The molecule has 1 saturated carbocycles. The van der Waals surface area contributed by atoms with Gasteiger partial charge in [0, 0.05) is 0 Å². The normalized spacial score (nSPS) is 16.6. The summed E-state index contributed by atoms with van der Waals surface area (Å²) >= 11 is 0. The summed E-state index contributed by atoms with van der Waals surface area (Å²) in [6.45, 7) is 2.33. The van der Waals surface area contributed by atoms with E-state index in [1.54, 1.807) is 12.1 Å². The predicted octanol–water partition coefficient (Wildman–Crippen LogP) is 1.23. The predicted molar refractivity (Wildman–Crippen MR) is 72.1 cm³/mol. The molecule has 1 aliphatic rings. The lowest BCUT2D eigenvalue weighted by molar-refractivity contribution is -0.139. The van der Waals surface area contributed by atoms with E-state index < -0.39 is 22.0 Å². The molecule has 0 amide bonds. The van der Waals surface area contributed by atoms with Crippen molar-refractivity contribution in [2.75, 3.05) is 6.61 Å². The van der Waals surface area contributed by atoms with Crippen LogP contribution in [-0.4, -0.2) is 32.1 Å². The number of nitrogens with one attached hydrogen (secondary N) is 1. The van der Waals surface area contributed by atoms with Crippen LogP contribution in [0.25, 0.3) is 0 Å². The zero-order valence-electron chi connectivity index (χ0n) is 11.1. The first-order valence-corrected chi connectivity index (χ1v) is 7.90. The lowest BCUT2D eigenvalue weighted by atomic mass is 10.2. The van der Waals surface area contributed by atoms with Gasteiger partial charge in [-0.05, 0) is 49.9 Å². The summed E-state index contributed by atoms with van der Waals surface area (Å²) in [6, 6.07) is 4.85. The molecular weight excluding hydrogens is 282 g/mol. The third kappa shape index (κ3) is 3.49. The molecule has 110 valence electrons. The minimum Gasteiger partial charge on any atom is -0.494 e. The molecule has 1 aromatic rings. The Bertz CT molecular complexity index is 577. The zero-order valence-corrected chi connectivity index (χ0v) is 11.9. The maximum atomic E-state index is 12.1. The molecule has 2 N–H and O–H groups in total. The van der Waals surface area contributed by atoms with Gasteiger partial charge in [-0.25, -0.2) is 8.42 Å². The Labute approximate surface area is 117 Å². The second-order valence-corrected chi connectivity index (χ2v) is 6.39. The van der Waals surface area contributed by atoms with E-state index in [9.17, 15) is 13.2 Å². The lowest BCUT2D eigenvalue weighted by Crippen LogP contribution is -2.42. The van der Waals surface area contributed by atoms with Crippen LogP contribution < -0.4 is 9.46 Å². The molecule has 0 spiro atoms. The molecule has 7 heteroatoms. The Hall–Kier alpha value is -1.60. The third-order valence-electron chi connectivity index (χ3n) is 3.09. The van der Waals surface area contributed by atoms with Crippen LogP contribution in [0, 0.1) is 5.92 Å². The Balaban J connectivity index is 2.14. The smallest absolute Gasteiger partial charge is 0.322 e. The SMILES string of the molecule is CCOc1ccc(S(=O)(=O)NC(C(=O)O)C2CC2)cc1. The van der Waals surface area contributed by atoms with Crippen molar-refractivity contribution < 1.29 is 23.1 Å². The number of benzene rings is 1. The van der Waals surface area contributed by atoms with Crippen LogP contribution in [0.5, 0.6) is 5.75 Å². The van der Waals surface area contributed by atoms with E-state index in [4.69, 9.17) is 9.84 Å². The molecule has 1 aromatic carbocycles. The van der Waals surface area contributed by atoms with Crippen molar-refractivity contribution in [2.24, 2.45) is 5.92 Å². The second kappa shape index (κ2) is 5.80. The quantitative estimate of drug-likeness (QED) is 0.790. The highest BCUT2D eigenvalue weighted by atomic mass is 32.2. The highest BCUT2D eigenvalue weighted by molar-refractivity contribution is 7.89. The van der Waals surface area contributed by atoms with Gasteiger partial charge >= 0.3 is 5.97 Å². The minimum atomic E-state index is -3.83.